The van der Waals surface area contributed by atoms with Crippen LogP contribution in [0, 0.1) is 0 Å². The molecule has 0 bridgehead atoms. The number of hydrogen-bond donors (Lipinski definition) is 3. The third-order valence-electron chi connectivity index (χ3n) is 2.75. The zero-order valence-electron chi connectivity index (χ0n) is 10.7. The van der Waals surface area contributed by atoms with E-state index in [0.717, 1.165) is 0 Å². The fourth-order valence-electron chi connectivity index (χ4n) is 1.84. The summed E-state index contributed by atoms with van der Waals surface area (Å²) in [6, 6.07) is 13.5. The van der Waals surface area contributed by atoms with E-state index in [1.807, 2.05) is 0 Å². The van der Waals surface area contributed by atoms with Crippen LogP contribution < -0.4 is 11.1 Å². The molecule has 2 aromatic carbocycles. The summed E-state index contributed by atoms with van der Waals surface area (Å²) < 4.78 is 0. The second-order valence-corrected chi connectivity index (χ2v) is 4.31. The largest absolute Gasteiger partial charge is 0.481 e. The minimum absolute atomic E-state index is 0.0861. The maximum absolute atomic E-state index is 12.1. The molecule has 0 saturated heterocycles. The first kappa shape index (κ1) is 13.6. The van der Waals surface area contributed by atoms with Gasteiger partial charge < -0.3 is 16.2 Å². The van der Waals surface area contributed by atoms with Crippen LogP contribution in [0.15, 0.2) is 48.5 Å². The maximum Gasteiger partial charge on any atom is 0.307 e. The van der Waals surface area contributed by atoms with Crippen LogP contribution in [0.4, 0.5) is 11.4 Å². The standard InChI is InChI=1S/C15H14N2O3/c16-13-7-2-1-6-12(13)15(20)17-11-5-3-4-10(8-11)9-14(18)19/h1-8H,9,16H2,(H,17,20)(H,18,19). The number of nitrogens with one attached hydrogen (secondary N) is 1. The Morgan fingerprint density at radius 3 is 2.55 bits per heavy atom. The number of anilines is 2. The summed E-state index contributed by atoms with van der Waals surface area (Å²) in [4.78, 5) is 22.7. The van der Waals surface area contributed by atoms with E-state index in [1.165, 1.54) is 0 Å². The van der Waals surface area contributed by atoms with Crippen molar-refractivity contribution in [3.63, 3.8) is 0 Å². The summed E-state index contributed by atoms with van der Waals surface area (Å²) in [7, 11) is 0. The van der Waals surface area contributed by atoms with Crippen LogP contribution in [-0.4, -0.2) is 17.0 Å². The van der Waals surface area contributed by atoms with Gasteiger partial charge in [-0.1, -0.05) is 24.3 Å². The molecule has 0 fully saturated rings. The molecule has 4 N–H and O–H groups in total. The number of hydrogen-bond acceptors (Lipinski definition) is 3. The van der Waals surface area contributed by atoms with Crippen molar-refractivity contribution < 1.29 is 14.7 Å². The highest BCUT2D eigenvalue weighted by molar-refractivity contribution is 6.07. The molecule has 0 aliphatic rings. The highest BCUT2D eigenvalue weighted by Crippen LogP contribution is 2.15. The van der Waals surface area contributed by atoms with Gasteiger partial charge in [0, 0.05) is 11.4 Å². The van der Waals surface area contributed by atoms with Gasteiger partial charge in [0.25, 0.3) is 5.91 Å². The number of benzene rings is 2. The van der Waals surface area contributed by atoms with Gasteiger partial charge in [0.05, 0.1) is 12.0 Å². The molecule has 0 radical (unpaired) electrons. The van der Waals surface area contributed by atoms with E-state index in [2.05, 4.69) is 5.32 Å². The zero-order chi connectivity index (χ0) is 14.5. The molecule has 0 heterocycles. The number of rotatable bonds is 4. The van der Waals surface area contributed by atoms with Crippen LogP contribution in [0.3, 0.4) is 0 Å². The number of para-hydroxylation sites is 1. The molecule has 5 nitrogen and oxygen atoms in total. The third kappa shape index (κ3) is 3.35. The summed E-state index contributed by atoms with van der Waals surface area (Å²) in [6.45, 7) is 0. The minimum atomic E-state index is -0.916. The van der Waals surface area contributed by atoms with Crippen molar-refractivity contribution in [1.29, 1.82) is 0 Å². The molecule has 0 unspecified atom stereocenters. The average molecular weight is 270 g/mol. The second kappa shape index (κ2) is 5.88. The summed E-state index contributed by atoms with van der Waals surface area (Å²) >= 11 is 0. The van der Waals surface area contributed by atoms with Crippen molar-refractivity contribution in [2.24, 2.45) is 0 Å². The molecule has 2 aromatic rings. The van der Waals surface area contributed by atoms with Crippen molar-refractivity contribution in [2.75, 3.05) is 11.1 Å². The normalized spacial score (nSPS) is 10.0. The molecule has 0 saturated carbocycles. The van der Waals surface area contributed by atoms with Gasteiger partial charge in [0.1, 0.15) is 0 Å². The molecule has 0 aromatic heterocycles. The van der Waals surface area contributed by atoms with Gasteiger partial charge in [-0.25, -0.2) is 0 Å². The summed E-state index contributed by atoms with van der Waals surface area (Å²) in [5.74, 6) is -1.24. The van der Waals surface area contributed by atoms with E-state index in [1.54, 1.807) is 48.5 Å². The smallest absolute Gasteiger partial charge is 0.307 e. The molecule has 1 amide bonds. The fourth-order valence-corrected chi connectivity index (χ4v) is 1.84. The molecular formula is C15H14N2O3. The lowest BCUT2D eigenvalue weighted by Gasteiger charge is -2.08. The van der Waals surface area contributed by atoms with Crippen molar-refractivity contribution in [3.05, 3.63) is 59.7 Å². The lowest BCUT2D eigenvalue weighted by Crippen LogP contribution is -2.14. The van der Waals surface area contributed by atoms with E-state index >= 15 is 0 Å². The van der Waals surface area contributed by atoms with E-state index < -0.39 is 5.97 Å². The number of carbonyl (C=O) groups excluding carboxylic acids is 1. The molecule has 0 aliphatic carbocycles. The van der Waals surface area contributed by atoms with Gasteiger partial charge in [-0.3, -0.25) is 9.59 Å². The van der Waals surface area contributed by atoms with Gasteiger partial charge >= 0.3 is 5.97 Å². The van der Waals surface area contributed by atoms with Gasteiger partial charge in [0.2, 0.25) is 0 Å². The quantitative estimate of drug-likeness (QED) is 0.742. The summed E-state index contributed by atoms with van der Waals surface area (Å²) in [5, 5.41) is 11.5. The molecule has 0 spiro atoms. The number of carboxylic acids is 1. The van der Waals surface area contributed by atoms with Crippen LogP contribution in [0.5, 0.6) is 0 Å². The average Bonchev–Trinajstić information content (AvgIpc) is 2.38. The van der Waals surface area contributed by atoms with Crippen molar-refractivity contribution in [3.8, 4) is 0 Å². The maximum atomic E-state index is 12.1. The first-order valence-electron chi connectivity index (χ1n) is 6.03. The number of carboxylic acid groups (broad SMARTS) is 1. The second-order valence-electron chi connectivity index (χ2n) is 4.31. The number of carbonyl (C=O) groups is 2. The molecule has 102 valence electrons. The zero-order valence-corrected chi connectivity index (χ0v) is 10.7. The Balaban J connectivity index is 2.16. The highest BCUT2D eigenvalue weighted by atomic mass is 16.4. The van der Waals surface area contributed by atoms with Gasteiger partial charge in [0.15, 0.2) is 0 Å². The Morgan fingerprint density at radius 1 is 1.10 bits per heavy atom. The molecule has 0 atom stereocenters. The molecule has 5 heteroatoms. The van der Waals surface area contributed by atoms with E-state index in [4.69, 9.17) is 10.8 Å². The van der Waals surface area contributed by atoms with Crippen molar-refractivity contribution in [1.82, 2.24) is 0 Å². The van der Waals surface area contributed by atoms with E-state index in [9.17, 15) is 9.59 Å². The van der Waals surface area contributed by atoms with Crippen LogP contribution in [0.2, 0.25) is 0 Å². The van der Waals surface area contributed by atoms with Crippen molar-refractivity contribution in [2.45, 2.75) is 6.42 Å². The predicted molar refractivity (Wildman–Crippen MR) is 76.6 cm³/mol. The monoisotopic (exact) mass is 270 g/mol. The minimum Gasteiger partial charge on any atom is -0.481 e. The molecule has 20 heavy (non-hydrogen) atoms. The van der Waals surface area contributed by atoms with Gasteiger partial charge in [-0.05, 0) is 29.8 Å². The Hall–Kier alpha value is -2.82. The van der Waals surface area contributed by atoms with Crippen LogP contribution in [-0.2, 0) is 11.2 Å². The SMILES string of the molecule is Nc1ccccc1C(=O)Nc1cccc(CC(=O)O)c1. The predicted octanol–water partition coefficient (Wildman–Crippen LogP) is 2.15. The van der Waals surface area contributed by atoms with E-state index in [0.29, 0.717) is 22.5 Å². The number of nitrogens with two attached hydrogens (primary N) is 1. The van der Waals surface area contributed by atoms with Gasteiger partial charge in [-0.2, -0.15) is 0 Å². The number of nitrogen functional groups attached to an aromatic ring is 1. The Bertz CT molecular complexity index is 653. The van der Waals surface area contributed by atoms with Gasteiger partial charge in [-0.15, -0.1) is 0 Å². The van der Waals surface area contributed by atoms with Crippen LogP contribution in [0.25, 0.3) is 0 Å². The fraction of sp³-hybridized carbons (Fsp3) is 0.0667. The number of aliphatic carboxylic acids is 1. The van der Waals surface area contributed by atoms with Crippen LogP contribution >= 0.6 is 0 Å². The molecule has 0 aliphatic heterocycles. The summed E-state index contributed by atoms with van der Waals surface area (Å²) in [6.07, 6.45) is -0.0861. The molecular weight excluding hydrogens is 256 g/mol. The lowest BCUT2D eigenvalue weighted by molar-refractivity contribution is -0.136. The van der Waals surface area contributed by atoms with Crippen molar-refractivity contribution >= 4 is 23.3 Å². The highest BCUT2D eigenvalue weighted by Gasteiger charge is 2.09. The summed E-state index contributed by atoms with van der Waals surface area (Å²) in [5.41, 5.74) is 7.67. The Kier molecular flexibility index (Phi) is 4.00. The third-order valence-corrected chi connectivity index (χ3v) is 2.75. The lowest BCUT2D eigenvalue weighted by atomic mass is 10.1. The topological polar surface area (TPSA) is 92.4 Å². The first-order valence-corrected chi connectivity index (χ1v) is 6.03. The Morgan fingerprint density at radius 2 is 1.85 bits per heavy atom. The van der Waals surface area contributed by atoms with Crippen LogP contribution in [0.1, 0.15) is 15.9 Å². The number of amides is 1. The van der Waals surface area contributed by atoms with E-state index in [-0.39, 0.29) is 12.3 Å². The Labute approximate surface area is 116 Å². The first-order chi connectivity index (χ1) is 9.56. The molecule has 2 rings (SSSR count).